The molecule has 3 rings (SSSR count). The molecule has 1 aliphatic rings. The van der Waals surface area contributed by atoms with E-state index in [0.717, 1.165) is 54.4 Å². The minimum Gasteiger partial charge on any atom is -0.369 e. The maximum Gasteiger partial charge on any atom is 0.137 e. The molecule has 0 unspecified atom stereocenters. The number of aromatic nitrogens is 2. The molecular weight excluding hydrogens is 296 g/mol. The monoisotopic (exact) mass is 326 g/mol. The highest BCUT2D eigenvalue weighted by atomic mass is 15.0. The quantitative estimate of drug-likeness (QED) is 0.715. The summed E-state index contributed by atoms with van der Waals surface area (Å²) in [4.78, 5) is 9.64. The number of hydrogen-bond donors (Lipinski definition) is 2. The van der Waals surface area contributed by atoms with Crippen LogP contribution in [0.5, 0.6) is 0 Å². The van der Waals surface area contributed by atoms with Gasteiger partial charge in [0.15, 0.2) is 0 Å². The Kier molecular flexibility index (Phi) is 6.41. The maximum atomic E-state index is 4.84. The van der Waals surface area contributed by atoms with E-state index >= 15 is 0 Å². The Labute approximate surface area is 145 Å². The zero-order valence-corrected chi connectivity index (χ0v) is 14.9. The van der Waals surface area contributed by atoms with E-state index in [-0.39, 0.29) is 0 Å². The molecule has 1 aromatic carbocycles. The average molecular weight is 326 g/mol. The number of rotatable bonds is 8. The summed E-state index contributed by atoms with van der Waals surface area (Å²) in [6.45, 7) is 1.95. The zero-order valence-electron chi connectivity index (χ0n) is 14.9. The molecule has 1 heterocycles. The fourth-order valence-electron chi connectivity index (χ4n) is 3.65. The van der Waals surface area contributed by atoms with Gasteiger partial charge in [-0.05, 0) is 44.5 Å². The predicted octanol–water partition coefficient (Wildman–Crippen LogP) is 4.16. The number of benzene rings is 1. The van der Waals surface area contributed by atoms with Gasteiger partial charge in [-0.2, -0.15) is 0 Å². The second kappa shape index (κ2) is 8.97. The largest absolute Gasteiger partial charge is 0.369 e. The van der Waals surface area contributed by atoms with Crippen LogP contribution < -0.4 is 10.6 Å². The number of aryl methyl sites for hydroxylation is 1. The van der Waals surface area contributed by atoms with Crippen molar-refractivity contribution >= 4 is 16.7 Å². The van der Waals surface area contributed by atoms with Gasteiger partial charge >= 0.3 is 0 Å². The predicted molar refractivity (Wildman–Crippen MR) is 101 cm³/mol. The van der Waals surface area contributed by atoms with Crippen molar-refractivity contribution in [3.63, 3.8) is 0 Å². The molecule has 1 saturated carbocycles. The molecule has 1 aliphatic carbocycles. The van der Waals surface area contributed by atoms with Gasteiger partial charge in [0, 0.05) is 18.4 Å². The summed E-state index contributed by atoms with van der Waals surface area (Å²) in [6.07, 6.45) is 10.3. The number of nitrogens with one attached hydrogen (secondary N) is 2. The van der Waals surface area contributed by atoms with Crippen molar-refractivity contribution in [1.29, 1.82) is 0 Å². The highest BCUT2D eigenvalue weighted by Crippen LogP contribution is 2.28. The van der Waals surface area contributed by atoms with Gasteiger partial charge in [0.05, 0.1) is 5.52 Å². The normalized spacial score (nSPS) is 15.7. The Morgan fingerprint density at radius 3 is 2.71 bits per heavy atom. The molecule has 0 spiro atoms. The van der Waals surface area contributed by atoms with Crippen molar-refractivity contribution in [3.8, 4) is 0 Å². The van der Waals surface area contributed by atoms with Gasteiger partial charge in [0.25, 0.3) is 0 Å². The SMILES string of the molecule is CNCCCNc1nc(CCC2CCCCC2)nc2ccccc12. The van der Waals surface area contributed by atoms with E-state index in [4.69, 9.17) is 9.97 Å². The summed E-state index contributed by atoms with van der Waals surface area (Å²) < 4.78 is 0. The fraction of sp³-hybridized carbons (Fsp3) is 0.600. The Balaban J connectivity index is 1.70. The highest BCUT2D eigenvalue weighted by molar-refractivity contribution is 5.88. The summed E-state index contributed by atoms with van der Waals surface area (Å²) in [5.74, 6) is 2.87. The van der Waals surface area contributed by atoms with Gasteiger partial charge in [-0.1, -0.05) is 44.2 Å². The number of nitrogens with zero attached hydrogens (tertiary/aromatic N) is 2. The van der Waals surface area contributed by atoms with Crippen LogP contribution in [0.4, 0.5) is 5.82 Å². The average Bonchev–Trinajstić information content (AvgIpc) is 2.64. The lowest BCUT2D eigenvalue weighted by molar-refractivity contribution is 0.337. The number of hydrogen-bond acceptors (Lipinski definition) is 4. The summed E-state index contributed by atoms with van der Waals surface area (Å²) in [7, 11) is 1.99. The van der Waals surface area contributed by atoms with Crippen molar-refractivity contribution in [2.75, 3.05) is 25.5 Å². The molecule has 0 aliphatic heterocycles. The smallest absolute Gasteiger partial charge is 0.137 e. The van der Waals surface area contributed by atoms with Gasteiger partial charge in [-0.25, -0.2) is 9.97 Å². The molecule has 1 fully saturated rings. The van der Waals surface area contributed by atoms with Crippen LogP contribution in [0.25, 0.3) is 10.9 Å². The first-order valence-corrected chi connectivity index (χ1v) is 9.51. The van der Waals surface area contributed by atoms with Crippen LogP contribution in [-0.2, 0) is 6.42 Å². The zero-order chi connectivity index (χ0) is 16.6. The lowest BCUT2D eigenvalue weighted by Gasteiger charge is -2.21. The number of fused-ring (bicyclic) bond motifs is 1. The van der Waals surface area contributed by atoms with E-state index < -0.39 is 0 Å². The van der Waals surface area contributed by atoms with Crippen LogP contribution in [-0.4, -0.2) is 30.1 Å². The van der Waals surface area contributed by atoms with E-state index in [2.05, 4.69) is 34.9 Å². The van der Waals surface area contributed by atoms with E-state index in [0.29, 0.717) is 0 Å². The third-order valence-electron chi connectivity index (χ3n) is 5.05. The molecule has 0 radical (unpaired) electrons. The summed E-state index contributed by atoms with van der Waals surface area (Å²) >= 11 is 0. The van der Waals surface area contributed by atoms with Crippen LogP contribution in [0, 0.1) is 5.92 Å². The van der Waals surface area contributed by atoms with E-state index in [1.165, 1.54) is 38.5 Å². The van der Waals surface area contributed by atoms with Crippen LogP contribution in [0.2, 0.25) is 0 Å². The second-order valence-electron chi connectivity index (χ2n) is 6.93. The summed E-state index contributed by atoms with van der Waals surface area (Å²) in [5, 5.41) is 7.82. The Morgan fingerprint density at radius 2 is 1.88 bits per heavy atom. The van der Waals surface area contributed by atoms with Crippen LogP contribution in [0.3, 0.4) is 0 Å². The van der Waals surface area contributed by atoms with Gasteiger partial charge in [-0.15, -0.1) is 0 Å². The minimum absolute atomic E-state index is 0.876. The van der Waals surface area contributed by atoms with Gasteiger partial charge in [0.2, 0.25) is 0 Å². The van der Waals surface area contributed by atoms with Crippen LogP contribution in [0.1, 0.15) is 50.8 Å². The molecule has 4 nitrogen and oxygen atoms in total. The van der Waals surface area contributed by atoms with Gasteiger partial charge < -0.3 is 10.6 Å². The number of anilines is 1. The molecule has 4 heteroatoms. The second-order valence-corrected chi connectivity index (χ2v) is 6.93. The van der Waals surface area contributed by atoms with Crippen molar-refractivity contribution in [1.82, 2.24) is 15.3 Å². The molecule has 0 bridgehead atoms. The Bertz CT molecular complexity index is 635. The first-order chi connectivity index (χ1) is 11.9. The lowest BCUT2D eigenvalue weighted by Crippen LogP contribution is -2.14. The van der Waals surface area contributed by atoms with E-state index in [1.54, 1.807) is 0 Å². The van der Waals surface area contributed by atoms with Crippen LogP contribution in [0.15, 0.2) is 24.3 Å². The standard InChI is InChI=1S/C20H30N4/c1-21-14-7-15-22-20-17-10-5-6-11-18(17)23-19(24-20)13-12-16-8-3-2-4-9-16/h5-6,10-11,16,21H,2-4,7-9,12-15H2,1H3,(H,22,23,24). The van der Waals surface area contributed by atoms with Crippen molar-refractivity contribution < 1.29 is 0 Å². The third-order valence-corrected chi connectivity index (χ3v) is 5.05. The minimum atomic E-state index is 0.876. The first-order valence-electron chi connectivity index (χ1n) is 9.51. The molecular formula is C20H30N4. The van der Waals surface area contributed by atoms with Crippen molar-refractivity contribution in [3.05, 3.63) is 30.1 Å². The maximum absolute atomic E-state index is 4.84. The van der Waals surface area contributed by atoms with E-state index in [9.17, 15) is 0 Å². The molecule has 0 saturated heterocycles. The fourth-order valence-corrected chi connectivity index (χ4v) is 3.65. The molecule has 1 aromatic heterocycles. The molecule has 2 N–H and O–H groups in total. The first kappa shape index (κ1) is 17.2. The molecule has 0 atom stereocenters. The summed E-state index contributed by atoms with van der Waals surface area (Å²) in [5.41, 5.74) is 1.06. The Morgan fingerprint density at radius 1 is 1.04 bits per heavy atom. The molecule has 2 aromatic rings. The number of para-hydroxylation sites is 1. The Hall–Kier alpha value is -1.68. The topological polar surface area (TPSA) is 49.8 Å². The van der Waals surface area contributed by atoms with Gasteiger partial charge in [0.1, 0.15) is 11.6 Å². The van der Waals surface area contributed by atoms with Gasteiger partial charge in [-0.3, -0.25) is 0 Å². The molecule has 130 valence electrons. The molecule has 0 amide bonds. The highest BCUT2D eigenvalue weighted by Gasteiger charge is 2.14. The van der Waals surface area contributed by atoms with Crippen molar-refractivity contribution in [2.45, 2.75) is 51.4 Å². The third kappa shape index (κ3) is 4.67. The summed E-state index contributed by atoms with van der Waals surface area (Å²) in [6, 6.07) is 8.33. The van der Waals surface area contributed by atoms with E-state index in [1.807, 2.05) is 7.05 Å². The molecule has 24 heavy (non-hydrogen) atoms. The van der Waals surface area contributed by atoms with Crippen molar-refractivity contribution in [2.24, 2.45) is 5.92 Å². The van der Waals surface area contributed by atoms with Crippen LogP contribution >= 0.6 is 0 Å². The lowest BCUT2D eigenvalue weighted by atomic mass is 9.86.